The van der Waals surface area contributed by atoms with E-state index in [1.165, 1.54) is 27.9 Å². The first-order valence-corrected chi connectivity index (χ1v) is 13.3. The Balaban J connectivity index is 1.69. The third-order valence-corrected chi connectivity index (χ3v) is 8.52. The second kappa shape index (κ2) is 10.1. The lowest BCUT2D eigenvalue weighted by Crippen LogP contribution is -2.32. The van der Waals surface area contributed by atoms with E-state index in [1.807, 2.05) is 13.0 Å². The van der Waals surface area contributed by atoms with Crippen molar-refractivity contribution in [2.45, 2.75) is 66.2 Å². The van der Waals surface area contributed by atoms with Crippen LogP contribution in [0, 0.1) is 16.7 Å². The molecule has 2 unspecified atom stereocenters. The molecule has 3 aliphatic rings. The van der Waals surface area contributed by atoms with Gasteiger partial charge < -0.3 is 0 Å². The average molecular weight is 476 g/mol. The molecule has 0 aliphatic heterocycles. The van der Waals surface area contributed by atoms with Crippen LogP contribution in [0.15, 0.2) is 107 Å². The molecule has 0 heterocycles. The van der Waals surface area contributed by atoms with Gasteiger partial charge in [0.2, 0.25) is 0 Å². The van der Waals surface area contributed by atoms with Crippen LogP contribution in [0.3, 0.4) is 0 Å². The monoisotopic (exact) mass is 475 g/mol. The minimum Gasteiger partial charge on any atom is -0.300 e. The van der Waals surface area contributed by atoms with E-state index >= 15 is 0 Å². The number of benzene rings is 1. The molecule has 0 fully saturated rings. The molecule has 0 spiro atoms. The highest BCUT2D eigenvalue weighted by Crippen LogP contribution is 2.48. The topological polar surface area (TPSA) is 23.9 Å². The van der Waals surface area contributed by atoms with Gasteiger partial charge in [-0.25, -0.2) is 0 Å². The maximum Gasteiger partial charge on any atom is 0.0656 e. The van der Waals surface area contributed by atoms with E-state index in [1.54, 1.807) is 0 Å². The number of rotatable bonds is 6. The maximum absolute atomic E-state index is 9.16. The molecule has 2 atom stereocenters. The molecule has 3 aliphatic carbocycles. The molecule has 0 saturated heterocycles. The highest BCUT2D eigenvalue weighted by Gasteiger charge is 2.38. The van der Waals surface area contributed by atoms with E-state index in [0.29, 0.717) is 11.6 Å². The fourth-order valence-corrected chi connectivity index (χ4v) is 5.97. The molecular formula is C35H41N. The number of hydrogen-bond donors (Lipinski definition) is 1. The summed E-state index contributed by atoms with van der Waals surface area (Å²) in [4.78, 5) is 0. The lowest BCUT2D eigenvalue weighted by molar-refractivity contribution is 0.311. The molecule has 186 valence electrons. The zero-order valence-corrected chi connectivity index (χ0v) is 22.9. The highest BCUT2D eigenvalue weighted by molar-refractivity contribution is 6.16. The molecule has 0 aromatic heterocycles. The molecule has 0 bridgehead atoms. The van der Waals surface area contributed by atoms with E-state index in [-0.39, 0.29) is 10.8 Å². The normalized spacial score (nSPS) is 24.2. The van der Waals surface area contributed by atoms with Crippen molar-refractivity contribution in [3.05, 3.63) is 124 Å². The van der Waals surface area contributed by atoms with Crippen LogP contribution in [-0.2, 0) is 5.41 Å². The van der Waals surface area contributed by atoms with Gasteiger partial charge in [0.1, 0.15) is 0 Å². The fourth-order valence-electron chi connectivity index (χ4n) is 5.97. The van der Waals surface area contributed by atoms with Gasteiger partial charge in [-0.05, 0) is 72.4 Å². The molecule has 1 nitrogen and oxygen atoms in total. The zero-order chi connectivity index (χ0) is 26.1. The van der Waals surface area contributed by atoms with E-state index in [0.717, 1.165) is 36.0 Å². The summed E-state index contributed by atoms with van der Waals surface area (Å²) in [6, 6.07) is 6.55. The number of fused-ring (bicyclic) bond motifs is 1. The molecule has 0 radical (unpaired) electrons. The van der Waals surface area contributed by atoms with Crippen LogP contribution < -0.4 is 0 Å². The Morgan fingerprint density at radius 3 is 2.69 bits per heavy atom. The average Bonchev–Trinajstić information content (AvgIpc) is 2.87. The lowest BCUT2D eigenvalue weighted by Gasteiger charge is -2.39. The Labute approximate surface area is 218 Å². The zero-order valence-electron chi connectivity index (χ0n) is 22.9. The standard InChI is InChI=1S/C35H41N/c1-8-9-10-14-25(3)31-23-24(2)21-22-35(31,7)26(4)19-20-27-15-13-18-30-32(27)33(36)28-16-11-12-17-29(28)34(30,5)6/h8-10,12-15,17-21,23,26,36H,3,11,16,22H2,1-2,4-7H3/b9-8-,14-10-,20-19-,36-33?. The van der Waals surface area contributed by atoms with Crippen LogP contribution >= 0.6 is 0 Å². The van der Waals surface area contributed by atoms with Gasteiger partial charge in [-0.3, -0.25) is 5.41 Å². The van der Waals surface area contributed by atoms with Crippen LogP contribution in [-0.4, -0.2) is 5.71 Å². The maximum atomic E-state index is 9.16. The Hall–Kier alpha value is -3.19. The van der Waals surface area contributed by atoms with E-state index in [4.69, 9.17) is 5.41 Å². The van der Waals surface area contributed by atoms with Crippen molar-refractivity contribution in [2.24, 2.45) is 11.3 Å². The van der Waals surface area contributed by atoms with Gasteiger partial charge in [0.15, 0.2) is 0 Å². The van der Waals surface area contributed by atoms with Crippen molar-refractivity contribution in [1.29, 1.82) is 5.41 Å². The summed E-state index contributed by atoms with van der Waals surface area (Å²) in [6.45, 7) is 17.9. The lowest BCUT2D eigenvalue weighted by atomic mass is 9.64. The number of nitrogens with one attached hydrogen (secondary N) is 1. The van der Waals surface area contributed by atoms with Crippen molar-refractivity contribution in [3.63, 3.8) is 0 Å². The summed E-state index contributed by atoms with van der Waals surface area (Å²) < 4.78 is 0. The largest absolute Gasteiger partial charge is 0.300 e. The van der Waals surface area contributed by atoms with Gasteiger partial charge in [-0.1, -0.05) is 119 Å². The Bertz CT molecular complexity index is 1300. The van der Waals surface area contributed by atoms with Crippen molar-refractivity contribution in [2.75, 3.05) is 0 Å². The van der Waals surface area contributed by atoms with Gasteiger partial charge in [0, 0.05) is 16.4 Å². The third kappa shape index (κ3) is 4.52. The predicted octanol–water partition coefficient (Wildman–Crippen LogP) is 9.61. The summed E-state index contributed by atoms with van der Waals surface area (Å²) in [6.07, 6.45) is 25.1. The Morgan fingerprint density at radius 1 is 1.17 bits per heavy atom. The summed E-state index contributed by atoms with van der Waals surface area (Å²) >= 11 is 0. The van der Waals surface area contributed by atoms with Crippen LogP contribution in [0.4, 0.5) is 0 Å². The summed E-state index contributed by atoms with van der Waals surface area (Å²) in [5.41, 5.74) is 10.3. The molecule has 4 rings (SSSR count). The summed E-state index contributed by atoms with van der Waals surface area (Å²) in [5, 5.41) is 9.16. The molecular weight excluding hydrogens is 434 g/mol. The molecule has 1 aromatic rings. The van der Waals surface area contributed by atoms with Gasteiger partial charge in [0.05, 0.1) is 5.71 Å². The SMILES string of the molecule is C=C(/C=C\C=C/C)C1=CC(C)=CCC1(C)C(C)/C=C\c1cccc2c1C(=N)C1=C(C=CCC1)C2(C)C. The van der Waals surface area contributed by atoms with Crippen LogP contribution in [0.1, 0.15) is 77.5 Å². The Morgan fingerprint density at radius 2 is 1.94 bits per heavy atom. The van der Waals surface area contributed by atoms with E-state index in [9.17, 15) is 0 Å². The summed E-state index contributed by atoms with van der Waals surface area (Å²) in [5.74, 6) is 0.300. The minimum absolute atomic E-state index is 0.0428. The van der Waals surface area contributed by atoms with Gasteiger partial charge >= 0.3 is 0 Å². The highest BCUT2D eigenvalue weighted by atomic mass is 14.5. The summed E-state index contributed by atoms with van der Waals surface area (Å²) in [7, 11) is 0. The van der Waals surface area contributed by atoms with Crippen LogP contribution in [0.5, 0.6) is 0 Å². The number of hydrogen-bond acceptors (Lipinski definition) is 1. The Kier molecular flexibility index (Phi) is 7.23. The van der Waals surface area contributed by atoms with Crippen molar-refractivity contribution in [1.82, 2.24) is 0 Å². The van der Waals surface area contributed by atoms with E-state index < -0.39 is 0 Å². The second-order valence-electron chi connectivity index (χ2n) is 11.3. The quantitative estimate of drug-likeness (QED) is 0.396. The van der Waals surface area contributed by atoms with Crippen molar-refractivity contribution in [3.8, 4) is 0 Å². The fraction of sp³-hybridized carbons (Fsp3) is 0.343. The molecule has 0 amide bonds. The molecule has 1 N–H and O–H groups in total. The third-order valence-electron chi connectivity index (χ3n) is 8.52. The van der Waals surface area contributed by atoms with Gasteiger partial charge in [0.25, 0.3) is 0 Å². The smallest absolute Gasteiger partial charge is 0.0656 e. The molecule has 0 saturated carbocycles. The van der Waals surface area contributed by atoms with Crippen LogP contribution in [0.25, 0.3) is 6.08 Å². The van der Waals surface area contributed by atoms with Gasteiger partial charge in [-0.2, -0.15) is 0 Å². The number of allylic oxidation sites excluding steroid dienone is 14. The van der Waals surface area contributed by atoms with Crippen molar-refractivity contribution < 1.29 is 0 Å². The van der Waals surface area contributed by atoms with Gasteiger partial charge in [-0.15, -0.1) is 0 Å². The minimum atomic E-state index is -0.0911. The second-order valence-corrected chi connectivity index (χ2v) is 11.3. The first kappa shape index (κ1) is 25.9. The van der Waals surface area contributed by atoms with Crippen molar-refractivity contribution >= 4 is 11.8 Å². The molecule has 1 heteroatoms. The predicted molar refractivity (Wildman–Crippen MR) is 158 cm³/mol. The molecule has 36 heavy (non-hydrogen) atoms. The first-order chi connectivity index (χ1) is 17.1. The van der Waals surface area contributed by atoms with Crippen LogP contribution in [0.2, 0.25) is 0 Å². The van der Waals surface area contributed by atoms with E-state index in [2.05, 4.69) is 114 Å². The first-order valence-electron chi connectivity index (χ1n) is 13.3. The molecule has 1 aromatic carbocycles.